The lowest BCUT2D eigenvalue weighted by molar-refractivity contribution is -0.138. The van der Waals surface area contributed by atoms with E-state index in [9.17, 15) is 14.4 Å². The summed E-state index contributed by atoms with van der Waals surface area (Å²) in [7, 11) is 0. The molecule has 2 aliphatic rings. The summed E-state index contributed by atoms with van der Waals surface area (Å²) >= 11 is 0. The molecule has 0 aromatic heterocycles. The number of urea groups is 1. The van der Waals surface area contributed by atoms with Crippen molar-refractivity contribution < 1.29 is 19.5 Å². The van der Waals surface area contributed by atoms with Crippen molar-refractivity contribution in [3.05, 3.63) is 0 Å². The molecule has 0 aromatic rings. The molecule has 0 aromatic carbocycles. The minimum absolute atomic E-state index is 0.0504. The third-order valence-electron chi connectivity index (χ3n) is 3.84. The number of nitrogens with zero attached hydrogens (tertiary/aromatic N) is 1. The Bertz CT molecular complexity index is 409. The van der Waals surface area contributed by atoms with Crippen molar-refractivity contribution >= 4 is 17.9 Å². The van der Waals surface area contributed by atoms with Crippen LogP contribution in [0.25, 0.3) is 0 Å². The summed E-state index contributed by atoms with van der Waals surface area (Å²) in [6, 6.07) is 0.216. The largest absolute Gasteiger partial charge is 0.481 e. The van der Waals surface area contributed by atoms with E-state index in [0.29, 0.717) is 38.5 Å². The van der Waals surface area contributed by atoms with Crippen LogP contribution in [-0.2, 0) is 9.59 Å². The van der Waals surface area contributed by atoms with Crippen LogP contribution in [0.4, 0.5) is 4.79 Å². The van der Waals surface area contributed by atoms with Crippen molar-refractivity contribution in [1.82, 2.24) is 15.5 Å². The lowest BCUT2D eigenvalue weighted by Crippen LogP contribution is -2.39. The van der Waals surface area contributed by atoms with E-state index < -0.39 is 5.97 Å². The van der Waals surface area contributed by atoms with Gasteiger partial charge in [-0.1, -0.05) is 0 Å². The molecule has 1 aliphatic carbocycles. The molecule has 7 nitrogen and oxygen atoms in total. The number of carbonyl (C=O) groups is 3. The second-order valence-electron chi connectivity index (χ2n) is 5.88. The van der Waals surface area contributed by atoms with E-state index in [2.05, 4.69) is 10.6 Å². The van der Waals surface area contributed by atoms with Gasteiger partial charge in [0.1, 0.15) is 0 Å². The van der Waals surface area contributed by atoms with E-state index in [1.165, 1.54) is 0 Å². The highest BCUT2D eigenvalue weighted by Crippen LogP contribution is 2.19. The Morgan fingerprint density at radius 2 is 1.95 bits per heavy atom. The number of likely N-dealkylation sites (tertiary alicyclic amines) is 1. The average molecular weight is 297 g/mol. The molecule has 1 atom stereocenters. The second kappa shape index (κ2) is 7.28. The zero-order valence-electron chi connectivity index (χ0n) is 12.1. The highest BCUT2D eigenvalue weighted by Gasteiger charge is 2.27. The van der Waals surface area contributed by atoms with Gasteiger partial charge in [0.2, 0.25) is 5.91 Å². The fraction of sp³-hybridized carbons (Fsp3) is 0.786. The second-order valence-corrected chi connectivity index (χ2v) is 5.88. The molecule has 1 saturated heterocycles. The smallest absolute Gasteiger partial charge is 0.317 e. The van der Waals surface area contributed by atoms with E-state index in [4.69, 9.17) is 5.11 Å². The van der Waals surface area contributed by atoms with E-state index in [1.54, 1.807) is 4.90 Å². The number of nitrogens with one attached hydrogen (secondary N) is 2. The molecule has 2 fully saturated rings. The molecule has 118 valence electrons. The van der Waals surface area contributed by atoms with Gasteiger partial charge >= 0.3 is 12.0 Å². The number of hydrogen-bond acceptors (Lipinski definition) is 3. The SMILES string of the molecule is O=C(O)CC1CCN(C(=O)NCCCC(=O)NC2CC2)C1. The molecule has 21 heavy (non-hydrogen) atoms. The summed E-state index contributed by atoms with van der Waals surface area (Å²) in [6.45, 7) is 1.57. The van der Waals surface area contributed by atoms with Crippen LogP contribution in [0.1, 0.15) is 38.5 Å². The molecule has 0 bridgehead atoms. The first-order valence-electron chi connectivity index (χ1n) is 7.58. The minimum atomic E-state index is -0.816. The Kier molecular flexibility index (Phi) is 5.41. The standard InChI is InChI=1S/C14H23N3O4/c18-12(16-11-3-4-11)2-1-6-15-14(21)17-7-5-10(9-17)8-13(19)20/h10-11H,1-9H2,(H,15,21)(H,16,18)(H,19,20). The number of carboxylic acids is 1. The molecule has 1 heterocycles. The number of amides is 3. The van der Waals surface area contributed by atoms with Gasteiger partial charge in [0.25, 0.3) is 0 Å². The maximum atomic E-state index is 11.9. The monoisotopic (exact) mass is 297 g/mol. The summed E-state index contributed by atoms with van der Waals surface area (Å²) in [5, 5.41) is 14.4. The van der Waals surface area contributed by atoms with Crippen molar-refractivity contribution in [2.24, 2.45) is 5.92 Å². The van der Waals surface area contributed by atoms with Crippen molar-refractivity contribution in [1.29, 1.82) is 0 Å². The van der Waals surface area contributed by atoms with Crippen LogP contribution >= 0.6 is 0 Å². The van der Waals surface area contributed by atoms with Crippen molar-refractivity contribution in [3.8, 4) is 0 Å². The zero-order chi connectivity index (χ0) is 15.2. The Morgan fingerprint density at radius 3 is 2.62 bits per heavy atom. The van der Waals surface area contributed by atoms with Crippen molar-refractivity contribution in [2.45, 2.75) is 44.6 Å². The first-order valence-corrected chi connectivity index (χ1v) is 7.58. The highest BCUT2D eigenvalue weighted by molar-refractivity contribution is 5.77. The topological polar surface area (TPSA) is 98.7 Å². The van der Waals surface area contributed by atoms with Crippen LogP contribution in [0, 0.1) is 5.92 Å². The number of hydrogen-bond donors (Lipinski definition) is 3. The number of carboxylic acid groups (broad SMARTS) is 1. The fourth-order valence-corrected chi connectivity index (χ4v) is 2.51. The quantitative estimate of drug-likeness (QED) is 0.598. The lowest BCUT2D eigenvalue weighted by Gasteiger charge is -2.17. The van der Waals surface area contributed by atoms with Gasteiger partial charge in [-0.15, -0.1) is 0 Å². The molecule has 0 radical (unpaired) electrons. The maximum absolute atomic E-state index is 11.9. The van der Waals surface area contributed by atoms with E-state index in [0.717, 1.165) is 19.3 Å². The van der Waals surface area contributed by atoms with Gasteiger partial charge in [-0.25, -0.2) is 4.79 Å². The number of rotatable bonds is 7. The van der Waals surface area contributed by atoms with Crippen LogP contribution in [0.5, 0.6) is 0 Å². The Hall–Kier alpha value is -1.79. The predicted octanol–water partition coefficient (Wildman–Crippen LogP) is 0.551. The summed E-state index contributed by atoms with van der Waals surface area (Å²) in [5.74, 6) is -0.712. The minimum Gasteiger partial charge on any atom is -0.481 e. The van der Waals surface area contributed by atoms with Gasteiger partial charge in [0.05, 0.1) is 0 Å². The maximum Gasteiger partial charge on any atom is 0.317 e. The molecule has 3 amide bonds. The molecule has 3 N–H and O–H groups in total. The normalized spacial score (nSPS) is 21.1. The van der Waals surface area contributed by atoms with E-state index in [-0.39, 0.29) is 24.3 Å². The number of carbonyl (C=O) groups excluding carboxylic acids is 2. The number of aliphatic carboxylic acids is 1. The van der Waals surface area contributed by atoms with Crippen LogP contribution in [0.15, 0.2) is 0 Å². The third kappa shape index (κ3) is 5.61. The van der Waals surface area contributed by atoms with Gasteiger partial charge in [-0.2, -0.15) is 0 Å². The molecule has 7 heteroatoms. The highest BCUT2D eigenvalue weighted by atomic mass is 16.4. The molecular weight excluding hydrogens is 274 g/mol. The van der Waals surface area contributed by atoms with E-state index in [1.807, 2.05) is 0 Å². The summed E-state index contributed by atoms with van der Waals surface area (Å²) in [5.41, 5.74) is 0. The van der Waals surface area contributed by atoms with Gasteiger partial charge < -0.3 is 20.6 Å². The summed E-state index contributed by atoms with van der Waals surface area (Å²) in [4.78, 5) is 35.6. The molecule has 0 spiro atoms. The van der Waals surface area contributed by atoms with Gasteiger partial charge in [0.15, 0.2) is 0 Å². The first kappa shape index (κ1) is 15.6. The van der Waals surface area contributed by atoms with Gasteiger partial charge in [-0.05, 0) is 31.6 Å². The average Bonchev–Trinajstić information content (AvgIpc) is 3.10. The van der Waals surface area contributed by atoms with Crippen molar-refractivity contribution in [2.75, 3.05) is 19.6 Å². The Labute approximate surface area is 124 Å². The zero-order valence-corrected chi connectivity index (χ0v) is 12.1. The van der Waals surface area contributed by atoms with Crippen molar-refractivity contribution in [3.63, 3.8) is 0 Å². The molecule has 1 saturated carbocycles. The summed E-state index contributed by atoms with van der Waals surface area (Å²) < 4.78 is 0. The van der Waals surface area contributed by atoms with Crippen LogP contribution in [0.3, 0.4) is 0 Å². The lowest BCUT2D eigenvalue weighted by atomic mass is 10.1. The molecule has 1 unspecified atom stereocenters. The molecular formula is C14H23N3O4. The van der Waals surface area contributed by atoms with Gasteiger partial charge in [-0.3, -0.25) is 9.59 Å². The fourth-order valence-electron chi connectivity index (χ4n) is 2.51. The Morgan fingerprint density at radius 1 is 1.19 bits per heavy atom. The first-order chi connectivity index (χ1) is 10.0. The van der Waals surface area contributed by atoms with Gasteiger partial charge in [0, 0.05) is 38.5 Å². The third-order valence-corrected chi connectivity index (χ3v) is 3.84. The molecule has 2 rings (SSSR count). The van der Waals surface area contributed by atoms with Crippen LogP contribution in [0.2, 0.25) is 0 Å². The summed E-state index contributed by atoms with van der Waals surface area (Å²) in [6.07, 6.45) is 4.06. The van der Waals surface area contributed by atoms with Crippen LogP contribution < -0.4 is 10.6 Å². The van der Waals surface area contributed by atoms with Crippen LogP contribution in [-0.4, -0.2) is 53.6 Å². The Balaban J connectivity index is 1.55. The predicted molar refractivity (Wildman–Crippen MR) is 75.7 cm³/mol. The van der Waals surface area contributed by atoms with E-state index >= 15 is 0 Å². The molecule has 1 aliphatic heterocycles.